The number of anilines is 2. The van der Waals surface area contributed by atoms with Crippen molar-refractivity contribution in [2.24, 2.45) is 0 Å². The maximum Gasteiger partial charge on any atom is 0.222 e. The molecule has 0 aliphatic carbocycles. The van der Waals surface area contributed by atoms with E-state index in [4.69, 9.17) is 32.5 Å². The van der Waals surface area contributed by atoms with Crippen LogP contribution in [0.1, 0.15) is 11.1 Å². The largest absolute Gasteiger partial charge is 0.493 e. The molecule has 0 amide bonds. The van der Waals surface area contributed by atoms with Crippen LogP contribution in [0.3, 0.4) is 0 Å². The van der Waals surface area contributed by atoms with Crippen molar-refractivity contribution >= 4 is 23.4 Å². The summed E-state index contributed by atoms with van der Waals surface area (Å²) in [7, 11) is 1.48. The number of nitrogen functional groups attached to an aromatic ring is 2. The number of ether oxygens (including phenoxy) is 2. The van der Waals surface area contributed by atoms with Gasteiger partial charge in [-0.1, -0.05) is 23.7 Å². The average Bonchev–Trinajstić information content (AvgIpc) is 2.66. The van der Waals surface area contributed by atoms with E-state index in [1.807, 2.05) is 6.07 Å². The topological polar surface area (TPSA) is 120 Å². The third-order valence-corrected chi connectivity index (χ3v) is 4.26. The summed E-state index contributed by atoms with van der Waals surface area (Å²) in [6.45, 7) is 0.0322. The summed E-state index contributed by atoms with van der Waals surface area (Å²) in [5, 5.41) is 9.69. The fraction of sp³-hybridized carbons (Fsp3) is 0.105. The van der Waals surface area contributed by atoms with Crippen molar-refractivity contribution in [3.63, 3.8) is 0 Å². The first-order valence-corrected chi connectivity index (χ1v) is 8.39. The molecule has 9 heteroatoms. The second-order valence-corrected chi connectivity index (χ2v) is 6.07. The van der Waals surface area contributed by atoms with Crippen LogP contribution in [0.5, 0.6) is 11.5 Å². The van der Waals surface area contributed by atoms with Crippen molar-refractivity contribution in [1.29, 1.82) is 5.26 Å². The lowest BCUT2D eigenvalue weighted by molar-refractivity contribution is 0.285. The molecule has 2 aromatic carbocycles. The van der Waals surface area contributed by atoms with E-state index in [2.05, 4.69) is 9.97 Å². The quantitative estimate of drug-likeness (QED) is 0.672. The molecule has 0 radical (unpaired) electrons. The number of benzene rings is 2. The Morgan fingerprint density at radius 1 is 1.21 bits per heavy atom. The zero-order valence-corrected chi connectivity index (χ0v) is 15.5. The molecule has 0 aliphatic heterocycles. The number of rotatable bonds is 5. The Bertz CT molecular complexity index is 1080. The summed E-state index contributed by atoms with van der Waals surface area (Å²) in [4.78, 5) is 7.96. The number of nitrogens with zero attached hydrogens (tertiary/aromatic N) is 3. The third-order valence-electron chi connectivity index (χ3n) is 3.91. The first-order chi connectivity index (χ1) is 13.4. The molecule has 0 saturated heterocycles. The molecule has 3 rings (SSSR count). The second-order valence-electron chi connectivity index (χ2n) is 5.66. The molecule has 0 fully saturated rings. The van der Waals surface area contributed by atoms with Gasteiger partial charge in [0.1, 0.15) is 29.9 Å². The Hall–Kier alpha value is -3.57. The van der Waals surface area contributed by atoms with Crippen LogP contribution in [-0.4, -0.2) is 17.1 Å². The van der Waals surface area contributed by atoms with Gasteiger partial charge in [-0.3, -0.25) is 0 Å². The Morgan fingerprint density at radius 3 is 2.68 bits per heavy atom. The van der Waals surface area contributed by atoms with Gasteiger partial charge in [0.2, 0.25) is 5.95 Å². The first kappa shape index (κ1) is 19.2. The van der Waals surface area contributed by atoms with E-state index < -0.39 is 5.82 Å². The summed E-state index contributed by atoms with van der Waals surface area (Å²) >= 11 is 6.07. The van der Waals surface area contributed by atoms with Crippen molar-refractivity contribution in [1.82, 2.24) is 9.97 Å². The van der Waals surface area contributed by atoms with E-state index >= 15 is 0 Å². The van der Waals surface area contributed by atoms with Crippen LogP contribution < -0.4 is 20.9 Å². The van der Waals surface area contributed by atoms with Gasteiger partial charge in [-0.2, -0.15) is 10.2 Å². The van der Waals surface area contributed by atoms with Gasteiger partial charge in [0, 0.05) is 11.1 Å². The van der Waals surface area contributed by atoms with Crippen LogP contribution in [0.25, 0.3) is 11.3 Å². The normalized spacial score (nSPS) is 10.4. The van der Waals surface area contributed by atoms with Gasteiger partial charge in [0.25, 0.3) is 0 Å². The van der Waals surface area contributed by atoms with Crippen LogP contribution in [0.4, 0.5) is 16.2 Å². The van der Waals surface area contributed by atoms with Crippen molar-refractivity contribution in [2.75, 3.05) is 18.6 Å². The van der Waals surface area contributed by atoms with Crippen LogP contribution in [0, 0.1) is 17.1 Å². The molecule has 3 aromatic rings. The summed E-state index contributed by atoms with van der Waals surface area (Å²) in [6.07, 6.45) is 0. The highest BCUT2D eigenvalue weighted by Gasteiger charge is 2.20. The van der Waals surface area contributed by atoms with Crippen molar-refractivity contribution < 1.29 is 13.9 Å². The van der Waals surface area contributed by atoms with Crippen LogP contribution >= 0.6 is 11.6 Å². The van der Waals surface area contributed by atoms with Crippen molar-refractivity contribution in [2.45, 2.75) is 6.61 Å². The van der Waals surface area contributed by atoms with Gasteiger partial charge in [0.05, 0.1) is 17.8 Å². The third kappa shape index (κ3) is 3.75. The Morgan fingerprint density at radius 2 is 2.00 bits per heavy atom. The number of halogens is 2. The average molecular weight is 400 g/mol. The summed E-state index contributed by atoms with van der Waals surface area (Å²) < 4.78 is 24.5. The zero-order chi connectivity index (χ0) is 20.3. The number of nitrogens with two attached hydrogens (primary N) is 2. The van der Waals surface area contributed by atoms with Gasteiger partial charge in [-0.15, -0.1) is 0 Å². The fourth-order valence-corrected chi connectivity index (χ4v) is 2.82. The first-order valence-electron chi connectivity index (χ1n) is 8.01. The highest BCUT2D eigenvalue weighted by Crippen LogP contribution is 2.40. The molecule has 0 bridgehead atoms. The van der Waals surface area contributed by atoms with Crippen molar-refractivity contribution in [3.05, 3.63) is 58.4 Å². The summed E-state index contributed by atoms with van der Waals surface area (Å²) in [6, 6.07) is 11.1. The summed E-state index contributed by atoms with van der Waals surface area (Å²) in [5.74, 6) is 0.134. The smallest absolute Gasteiger partial charge is 0.222 e. The number of hydrogen-bond donors (Lipinski definition) is 2. The lowest BCUT2D eigenvalue weighted by atomic mass is 10.1. The minimum absolute atomic E-state index is 0.0322. The molecule has 0 unspecified atom stereocenters. The van der Waals surface area contributed by atoms with Crippen LogP contribution in [0.15, 0.2) is 36.4 Å². The lowest BCUT2D eigenvalue weighted by Gasteiger charge is -2.16. The SMILES string of the molecule is COc1cccc(-c2nc(N)nc(N)c2C#N)c1OCc1ccc(F)cc1Cl. The fourth-order valence-electron chi connectivity index (χ4n) is 2.60. The molecule has 28 heavy (non-hydrogen) atoms. The van der Waals surface area contributed by atoms with Gasteiger partial charge < -0.3 is 20.9 Å². The molecule has 7 nitrogen and oxygen atoms in total. The Balaban J connectivity index is 2.09. The highest BCUT2D eigenvalue weighted by atomic mass is 35.5. The van der Waals surface area contributed by atoms with E-state index in [0.717, 1.165) is 0 Å². The minimum atomic E-state index is -0.447. The zero-order valence-electron chi connectivity index (χ0n) is 14.7. The van der Waals surface area contributed by atoms with Crippen LogP contribution in [0.2, 0.25) is 5.02 Å². The van der Waals surface area contributed by atoms with E-state index in [9.17, 15) is 9.65 Å². The molecule has 4 N–H and O–H groups in total. The molecular weight excluding hydrogens is 385 g/mol. The van der Waals surface area contributed by atoms with Crippen molar-refractivity contribution in [3.8, 4) is 28.8 Å². The van der Waals surface area contributed by atoms with E-state index in [1.165, 1.54) is 25.3 Å². The number of aromatic nitrogens is 2. The molecule has 0 atom stereocenters. The van der Waals surface area contributed by atoms with Gasteiger partial charge in [-0.05, 0) is 24.3 Å². The number of hydrogen-bond acceptors (Lipinski definition) is 7. The minimum Gasteiger partial charge on any atom is -0.493 e. The molecule has 0 aliphatic rings. The highest BCUT2D eigenvalue weighted by molar-refractivity contribution is 6.31. The lowest BCUT2D eigenvalue weighted by Crippen LogP contribution is -2.06. The molecular formula is C19H15ClFN5O2. The van der Waals surface area contributed by atoms with E-state index in [-0.39, 0.29) is 34.7 Å². The van der Waals surface area contributed by atoms with Gasteiger partial charge in [-0.25, -0.2) is 9.37 Å². The van der Waals surface area contributed by atoms with Gasteiger partial charge >= 0.3 is 0 Å². The molecule has 1 aromatic heterocycles. The standard InChI is InChI=1S/C19H15ClFN5O2/c1-27-15-4-2-3-12(16-13(8-22)18(23)26-19(24)25-16)17(15)28-9-10-5-6-11(21)7-14(10)20/h2-7H,9H2,1H3,(H4,23,24,25,26). The number of para-hydroxylation sites is 1. The maximum absolute atomic E-state index is 13.3. The van der Waals surface area contributed by atoms with E-state index in [1.54, 1.807) is 18.2 Å². The second kappa shape index (κ2) is 7.98. The molecule has 1 heterocycles. The molecule has 0 spiro atoms. The predicted molar refractivity (Wildman–Crippen MR) is 103 cm³/mol. The predicted octanol–water partition coefficient (Wildman–Crippen LogP) is 3.56. The summed E-state index contributed by atoms with van der Waals surface area (Å²) in [5.41, 5.74) is 12.8. The van der Waals surface area contributed by atoms with Crippen LogP contribution in [-0.2, 0) is 6.61 Å². The molecule has 0 saturated carbocycles. The Labute approximate surface area is 165 Å². The monoisotopic (exact) mass is 399 g/mol. The van der Waals surface area contributed by atoms with E-state index in [0.29, 0.717) is 22.6 Å². The van der Waals surface area contributed by atoms with Gasteiger partial charge in [0.15, 0.2) is 11.5 Å². The number of nitriles is 1. The maximum atomic E-state index is 13.3. The number of methoxy groups -OCH3 is 1. The molecule has 142 valence electrons. The Kier molecular flexibility index (Phi) is 5.47.